The van der Waals surface area contributed by atoms with Crippen molar-refractivity contribution in [3.8, 4) is 0 Å². The number of nitrogens with zero attached hydrogens (tertiary/aromatic N) is 4. The fourth-order valence-electron chi connectivity index (χ4n) is 3.14. The van der Waals surface area contributed by atoms with Crippen molar-refractivity contribution in [1.29, 1.82) is 0 Å². The lowest BCUT2D eigenvalue weighted by Crippen LogP contribution is -2.52. The number of carbonyl (C=O) groups excluding carboxylic acids is 1. The second kappa shape index (κ2) is 12.3. The van der Waals surface area contributed by atoms with Crippen molar-refractivity contribution in [3.63, 3.8) is 0 Å². The Morgan fingerprint density at radius 2 is 1.76 bits per heavy atom. The molecule has 2 heterocycles. The Labute approximate surface area is 189 Å². The first kappa shape index (κ1) is 22.9. The first-order valence-corrected chi connectivity index (χ1v) is 9.80. The van der Waals surface area contributed by atoms with E-state index in [0.717, 1.165) is 44.5 Å². The molecule has 1 aliphatic heterocycles. The molecule has 1 saturated heterocycles. The fourth-order valence-corrected chi connectivity index (χ4v) is 3.14. The summed E-state index contributed by atoms with van der Waals surface area (Å²) in [6.07, 6.45) is 1.83. The van der Waals surface area contributed by atoms with Crippen molar-refractivity contribution in [2.75, 3.05) is 50.7 Å². The summed E-state index contributed by atoms with van der Waals surface area (Å²) >= 11 is 0. The number of piperazine rings is 1. The van der Waals surface area contributed by atoms with E-state index in [2.05, 4.69) is 37.3 Å². The van der Waals surface area contributed by atoms with Crippen LogP contribution in [0.4, 0.5) is 5.82 Å². The Balaban J connectivity index is 0.00000300. The van der Waals surface area contributed by atoms with E-state index in [4.69, 9.17) is 0 Å². The monoisotopic (exact) mass is 508 g/mol. The predicted octanol–water partition coefficient (Wildman–Crippen LogP) is 2.22. The minimum Gasteiger partial charge on any atom is -0.357 e. The summed E-state index contributed by atoms with van der Waals surface area (Å²) in [5.41, 5.74) is 0.670. The number of hydrogen-bond acceptors (Lipinski definition) is 4. The summed E-state index contributed by atoms with van der Waals surface area (Å²) in [4.78, 5) is 25.8. The molecule has 156 valence electrons. The summed E-state index contributed by atoms with van der Waals surface area (Å²) in [5, 5.41) is 6.27. The topological polar surface area (TPSA) is 72.9 Å². The molecule has 29 heavy (non-hydrogen) atoms. The highest BCUT2D eigenvalue weighted by atomic mass is 127. The Morgan fingerprint density at radius 1 is 1.03 bits per heavy atom. The Bertz CT molecular complexity index is 763. The highest BCUT2D eigenvalue weighted by molar-refractivity contribution is 14.0. The van der Waals surface area contributed by atoms with E-state index in [1.165, 1.54) is 0 Å². The van der Waals surface area contributed by atoms with Crippen molar-refractivity contribution in [2.45, 2.75) is 6.92 Å². The van der Waals surface area contributed by atoms with Crippen LogP contribution in [0.3, 0.4) is 0 Å². The van der Waals surface area contributed by atoms with Crippen LogP contribution in [0.15, 0.2) is 59.7 Å². The lowest BCUT2D eigenvalue weighted by atomic mass is 10.2. The maximum absolute atomic E-state index is 12.1. The molecule has 8 heteroatoms. The minimum absolute atomic E-state index is 0. The summed E-state index contributed by atoms with van der Waals surface area (Å²) in [6, 6.07) is 15.2. The molecule has 1 amide bonds. The van der Waals surface area contributed by atoms with Crippen LogP contribution in [-0.2, 0) is 0 Å². The molecule has 0 aliphatic carbocycles. The molecule has 0 unspecified atom stereocenters. The first-order chi connectivity index (χ1) is 13.8. The second-order valence-corrected chi connectivity index (χ2v) is 6.52. The molecule has 0 bridgehead atoms. The van der Waals surface area contributed by atoms with Crippen molar-refractivity contribution >= 4 is 41.7 Å². The lowest BCUT2D eigenvalue weighted by molar-refractivity contribution is 0.0955. The van der Waals surface area contributed by atoms with Gasteiger partial charge in [0.25, 0.3) is 5.91 Å². The Kier molecular flexibility index (Phi) is 9.69. The Hall–Kier alpha value is -2.36. The van der Waals surface area contributed by atoms with Gasteiger partial charge in [0.15, 0.2) is 5.96 Å². The molecule has 1 fully saturated rings. The van der Waals surface area contributed by atoms with Crippen LogP contribution in [0.5, 0.6) is 0 Å². The van der Waals surface area contributed by atoms with E-state index >= 15 is 0 Å². The normalized spacial score (nSPS) is 14.2. The van der Waals surface area contributed by atoms with E-state index in [-0.39, 0.29) is 29.9 Å². The third-order valence-corrected chi connectivity index (χ3v) is 4.58. The van der Waals surface area contributed by atoms with Crippen LogP contribution < -0.4 is 15.5 Å². The van der Waals surface area contributed by atoms with Gasteiger partial charge in [-0.2, -0.15) is 0 Å². The number of nitrogens with one attached hydrogen (secondary N) is 2. The summed E-state index contributed by atoms with van der Waals surface area (Å²) < 4.78 is 0. The minimum atomic E-state index is -0.0650. The molecule has 3 rings (SSSR count). The number of amides is 1. The van der Waals surface area contributed by atoms with Crippen LogP contribution >= 0.6 is 24.0 Å². The van der Waals surface area contributed by atoms with E-state index in [1.807, 2.05) is 54.7 Å². The number of carbonyl (C=O) groups is 1. The number of anilines is 1. The SMILES string of the molecule is CCNC(=NCCNC(=O)c1ccccc1)N1CCN(c2ccccn2)CC1.I. The number of hydrogen-bond donors (Lipinski definition) is 2. The van der Waals surface area contributed by atoms with E-state index in [9.17, 15) is 4.79 Å². The number of pyridine rings is 1. The lowest BCUT2D eigenvalue weighted by Gasteiger charge is -2.37. The number of aliphatic imine (C=N–C) groups is 1. The molecule has 0 spiro atoms. The molecule has 7 nitrogen and oxygen atoms in total. The van der Waals surface area contributed by atoms with Gasteiger partial charge in [0.2, 0.25) is 0 Å². The fraction of sp³-hybridized carbons (Fsp3) is 0.381. The van der Waals surface area contributed by atoms with Crippen LogP contribution in [-0.4, -0.2) is 67.6 Å². The smallest absolute Gasteiger partial charge is 0.251 e. The van der Waals surface area contributed by atoms with Crippen LogP contribution in [0.25, 0.3) is 0 Å². The predicted molar refractivity (Wildman–Crippen MR) is 128 cm³/mol. The number of rotatable bonds is 6. The van der Waals surface area contributed by atoms with Gasteiger partial charge in [0.1, 0.15) is 5.82 Å². The molecule has 0 saturated carbocycles. The molecule has 2 N–H and O–H groups in total. The quantitative estimate of drug-likeness (QED) is 0.271. The van der Waals surface area contributed by atoms with Gasteiger partial charge in [-0.25, -0.2) is 4.98 Å². The van der Waals surface area contributed by atoms with Gasteiger partial charge in [0.05, 0.1) is 6.54 Å². The third-order valence-electron chi connectivity index (χ3n) is 4.58. The zero-order valence-corrected chi connectivity index (χ0v) is 19.1. The molecule has 0 radical (unpaired) electrons. The standard InChI is InChI=1S/C21H28N6O.HI/c1-2-22-21(25-13-12-24-20(28)18-8-4-3-5-9-18)27-16-14-26(15-17-27)19-10-6-7-11-23-19;/h3-11H,2,12-17H2,1H3,(H,22,25)(H,24,28);1H. The van der Waals surface area contributed by atoms with Gasteiger partial charge in [0, 0.05) is 51.0 Å². The van der Waals surface area contributed by atoms with Gasteiger partial charge in [-0.1, -0.05) is 24.3 Å². The zero-order valence-electron chi connectivity index (χ0n) is 16.8. The van der Waals surface area contributed by atoms with Crippen LogP contribution in [0.2, 0.25) is 0 Å². The number of benzene rings is 1. The Morgan fingerprint density at radius 3 is 2.41 bits per heavy atom. The zero-order chi connectivity index (χ0) is 19.6. The summed E-state index contributed by atoms with van der Waals surface area (Å²) in [7, 11) is 0. The van der Waals surface area contributed by atoms with Crippen molar-refractivity contribution < 1.29 is 4.79 Å². The summed E-state index contributed by atoms with van der Waals surface area (Å²) in [5.74, 6) is 1.86. The van der Waals surface area contributed by atoms with Gasteiger partial charge in [-0.05, 0) is 31.2 Å². The van der Waals surface area contributed by atoms with Gasteiger partial charge in [-0.3, -0.25) is 9.79 Å². The average Bonchev–Trinajstić information content (AvgIpc) is 2.77. The van der Waals surface area contributed by atoms with Gasteiger partial charge < -0.3 is 20.4 Å². The largest absolute Gasteiger partial charge is 0.357 e. The molecule has 1 aromatic carbocycles. The highest BCUT2D eigenvalue weighted by Crippen LogP contribution is 2.12. The molecule has 2 aromatic rings. The maximum atomic E-state index is 12.1. The van der Waals surface area contributed by atoms with Crippen molar-refractivity contribution in [1.82, 2.24) is 20.5 Å². The maximum Gasteiger partial charge on any atom is 0.251 e. The molecular formula is C21H29IN6O. The van der Waals surface area contributed by atoms with Crippen LogP contribution in [0.1, 0.15) is 17.3 Å². The first-order valence-electron chi connectivity index (χ1n) is 9.80. The van der Waals surface area contributed by atoms with Crippen molar-refractivity contribution in [3.05, 3.63) is 60.3 Å². The number of guanidine groups is 1. The van der Waals surface area contributed by atoms with E-state index in [1.54, 1.807) is 0 Å². The average molecular weight is 508 g/mol. The van der Waals surface area contributed by atoms with E-state index < -0.39 is 0 Å². The molecule has 0 atom stereocenters. The summed E-state index contributed by atoms with van der Waals surface area (Å²) in [6.45, 7) is 7.53. The van der Waals surface area contributed by atoms with Crippen molar-refractivity contribution in [2.24, 2.45) is 4.99 Å². The van der Waals surface area contributed by atoms with Gasteiger partial charge >= 0.3 is 0 Å². The molecule has 1 aliphatic rings. The van der Waals surface area contributed by atoms with E-state index in [0.29, 0.717) is 18.7 Å². The molecular weight excluding hydrogens is 479 g/mol. The number of halogens is 1. The number of aromatic nitrogens is 1. The van der Waals surface area contributed by atoms with Gasteiger partial charge in [-0.15, -0.1) is 24.0 Å². The molecule has 1 aromatic heterocycles. The highest BCUT2D eigenvalue weighted by Gasteiger charge is 2.20. The second-order valence-electron chi connectivity index (χ2n) is 6.52. The third kappa shape index (κ3) is 6.88. The van der Waals surface area contributed by atoms with Crippen LogP contribution in [0, 0.1) is 0 Å².